The molecule has 0 atom stereocenters. The molecular weight excluding hydrogens is 230 g/mol. The molecule has 0 spiro atoms. The van der Waals surface area contributed by atoms with Crippen LogP contribution in [0.2, 0.25) is 0 Å². The van der Waals surface area contributed by atoms with Crippen molar-refractivity contribution in [2.75, 3.05) is 19.0 Å². The highest BCUT2D eigenvalue weighted by atomic mass is 16.5. The van der Waals surface area contributed by atoms with E-state index in [1.54, 1.807) is 18.2 Å². The molecule has 1 aromatic rings. The van der Waals surface area contributed by atoms with E-state index in [1.807, 2.05) is 6.07 Å². The second-order valence-corrected chi connectivity index (χ2v) is 4.20. The predicted octanol–water partition coefficient (Wildman–Crippen LogP) is 1.26. The van der Waals surface area contributed by atoms with Gasteiger partial charge >= 0.3 is 0 Å². The lowest BCUT2D eigenvalue weighted by atomic mass is 10.1. The third-order valence-electron chi connectivity index (χ3n) is 2.76. The highest BCUT2D eigenvalue weighted by Crippen LogP contribution is 2.27. The number of carbonyl (C=O) groups is 1. The molecule has 0 radical (unpaired) electrons. The molecule has 1 saturated carbocycles. The van der Waals surface area contributed by atoms with E-state index in [2.05, 4.69) is 10.6 Å². The third-order valence-corrected chi connectivity index (χ3v) is 2.76. The highest BCUT2D eigenvalue weighted by molar-refractivity contribution is 5.95. The predicted molar refractivity (Wildman–Crippen MR) is 67.4 cm³/mol. The lowest BCUT2D eigenvalue weighted by molar-refractivity contribution is -0.115. The second kappa shape index (κ2) is 5.52. The molecular formula is C13H15N3O2. The number of rotatable bonds is 5. The van der Waals surface area contributed by atoms with Crippen LogP contribution < -0.4 is 15.4 Å². The van der Waals surface area contributed by atoms with Crippen molar-refractivity contribution in [3.8, 4) is 11.8 Å². The molecule has 5 nitrogen and oxygen atoms in total. The Balaban J connectivity index is 2.06. The summed E-state index contributed by atoms with van der Waals surface area (Å²) in [5.41, 5.74) is 0.833. The number of hydrogen-bond acceptors (Lipinski definition) is 4. The Morgan fingerprint density at radius 1 is 1.56 bits per heavy atom. The number of ether oxygens (including phenoxy) is 1. The summed E-state index contributed by atoms with van der Waals surface area (Å²) in [5.74, 6) is 0.330. The number of para-hydroxylation sites is 1. The van der Waals surface area contributed by atoms with Gasteiger partial charge in [0.25, 0.3) is 0 Å². The fourth-order valence-corrected chi connectivity index (χ4v) is 1.63. The number of benzene rings is 1. The highest BCUT2D eigenvalue weighted by Gasteiger charge is 2.21. The zero-order chi connectivity index (χ0) is 13.0. The minimum absolute atomic E-state index is 0.164. The fourth-order valence-electron chi connectivity index (χ4n) is 1.63. The number of nitrogens with zero attached hydrogens (tertiary/aromatic N) is 1. The molecule has 1 aliphatic rings. The number of anilines is 1. The monoisotopic (exact) mass is 245 g/mol. The van der Waals surface area contributed by atoms with Crippen LogP contribution in [0.4, 0.5) is 5.69 Å². The molecule has 0 aromatic heterocycles. The first-order valence-electron chi connectivity index (χ1n) is 5.85. The maximum absolute atomic E-state index is 11.7. The normalized spacial score (nSPS) is 13.8. The van der Waals surface area contributed by atoms with E-state index >= 15 is 0 Å². The summed E-state index contributed by atoms with van der Waals surface area (Å²) >= 11 is 0. The maximum atomic E-state index is 11.7. The summed E-state index contributed by atoms with van der Waals surface area (Å²) in [5, 5.41) is 14.8. The van der Waals surface area contributed by atoms with Gasteiger partial charge in [0.15, 0.2) is 0 Å². The van der Waals surface area contributed by atoms with Crippen molar-refractivity contribution in [1.82, 2.24) is 5.32 Å². The Morgan fingerprint density at radius 3 is 2.94 bits per heavy atom. The lowest BCUT2D eigenvalue weighted by Crippen LogP contribution is -2.29. The van der Waals surface area contributed by atoms with Gasteiger partial charge in [-0.2, -0.15) is 5.26 Å². The number of methoxy groups -OCH3 is 1. The summed E-state index contributed by atoms with van der Waals surface area (Å²) < 4.78 is 5.14. The largest absolute Gasteiger partial charge is 0.495 e. The van der Waals surface area contributed by atoms with Crippen LogP contribution in [0.25, 0.3) is 0 Å². The first kappa shape index (κ1) is 12.4. The van der Waals surface area contributed by atoms with E-state index in [-0.39, 0.29) is 12.5 Å². The van der Waals surface area contributed by atoms with E-state index in [1.165, 1.54) is 7.11 Å². The first-order valence-corrected chi connectivity index (χ1v) is 5.85. The molecule has 0 aliphatic heterocycles. The number of nitriles is 1. The van der Waals surface area contributed by atoms with Gasteiger partial charge in [-0.05, 0) is 25.0 Å². The van der Waals surface area contributed by atoms with Gasteiger partial charge in [0.2, 0.25) is 5.91 Å². The van der Waals surface area contributed by atoms with Crippen LogP contribution >= 0.6 is 0 Å². The summed E-state index contributed by atoms with van der Waals surface area (Å²) in [7, 11) is 1.51. The molecule has 0 unspecified atom stereocenters. The van der Waals surface area contributed by atoms with Gasteiger partial charge in [-0.15, -0.1) is 0 Å². The smallest absolute Gasteiger partial charge is 0.238 e. The Morgan fingerprint density at radius 2 is 2.33 bits per heavy atom. The molecule has 1 fully saturated rings. The Kier molecular flexibility index (Phi) is 3.80. The van der Waals surface area contributed by atoms with Gasteiger partial charge < -0.3 is 15.4 Å². The van der Waals surface area contributed by atoms with Crippen molar-refractivity contribution < 1.29 is 9.53 Å². The molecule has 0 heterocycles. The van der Waals surface area contributed by atoms with Crippen molar-refractivity contribution >= 4 is 11.6 Å². The molecule has 5 heteroatoms. The quantitative estimate of drug-likeness (QED) is 0.819. The Hall–Kier alpha value is -2.06. The molecule has 0 saturated heterocycles. The van der Waals surface area contributed by atoms with E-state index < -0.39 is 0 Å². The minimum atomic E-state index is -0.164. The lowest BCUT2D eigenvalue weighted by Gasteiger charge is -2.11. The Labute approximate surface area is 106 Å². The van der Waals surface area contributed by atoms with Crippen LogP contribution in [-0.4, -0.2) is 25.6 Å². The van der Waals surface area contributed by atoms with E-state index in [0.29, 0.717) is 23.0 Å². The van der Waals surface area contributed by atoms with E-state index in [4.69, 9.17) is 10.00 Å². The second-order valence-electron chi connectivity index (χ2n) is 4.20. The van der Waals surface area contributed by atoms with Gasteiger partial charge in [0.1, 0.15) is 17.5 Å². The van der Waals surface area contributed by atoms with Crippen LogP contribution in [0.1, 0.15) is 18.4 Å². The van der Waals surface area contributed by atoms with E-state index in [0.717, 1.165) is 12.8 Å². The average molecular weight is 245 g/mol. The SMILES string of the molecule is COc1cccc(C#N)c1NC(=O)CNC1CC1. The topological polar surface area (TPSA) is 74.1 Å². The van der Waals surface area contributed by atoms with Crippen molar-refractivity contribution in [1.29, 1.82) is 5.26 Å². The molecule has 1 aliphatic carbocycles. The van der Waals surface area contributed by atoms with Crippen LogP contribution in [0.5, 0.6) is 5.75 Å². The minimum Gasteiger partial charge on any atom is -0.495 e. The molecule has 2 N–H and O–H groups in total. The Bertz CT molecular complexity index is 489. The molecule has 1 aromatic carbocycles. The number of carbonyl (C=O) groups excluding carboxylic acids is 1. The van der Waals surface area contributed by atoms with Gasteiger partial charge in [-0.25, -0.2) is 0 Å². The van der Waals surface area contributed by atoms with Crippen molar-refractivity contribution in [2.24, 2.45) is 0 Å². The summed E-state index contributed by atoms with van der Waals surface area (Å²) in [6, 6.07) is 7.59. The fraction of sp³-hybridized carbons (Fsp3) is 0.385. The number of nitrogens with one attached hydrogen (secondary N) is 2. The third kappa shape index (κ3) is 2.99. The van der Waals surface area contributed by atoms with Crippen molar-refractivity contribution in [2.45, 2.75) is 18.9 Å². The zero-order valence-corrected chi connectivity index (χ0v) is 10.2. The molecule has 2 rings (SSSR count). The van der Waals surface area contributed by atoms with Gasteiger partial charge in [-0.3, -0.25) is 4.79 Å². The van der Waals surface area contributed by atoms with E-state index in [9.17, 15) is 4.79 Å². The van der Waals surface area contributed by atoms with Gasteiger partial charge in [-0.1, -0.05) is 6.07 Å². The van der Waals surface area contributed by atoms with Crippen molar-refractivity contribution in [3.63, 3.8) is 0 Å². The van der Waals surface area contributed by atoms with Crippen LogP contribution in [0.3, 0.4) is 0 Å². The molecule has 18 heavy (non-hydrogen) atoms. The van der Waals surface area contributed by atoms with Crippen LogP contribution in [0, 0.1) is 11.3 Å². The number of hydrogen-bond donors (Lipinski definition) is 2. The van der Waals surface area contributed by atoms with Crippen molar-refractivity contribution in [3.05, 3.63) is 23.8 Å². The molecule has 1 amide bonds. The maximum Gasteiger partial charge on any atom is 0.238 e. The number of amides is 1. The standard InChI is InChI=1S/C13H15N3O2/c1-18-11-4-2-3-9(7-14)13(11)16-12(17)8-15-10-5-6-10/h2-4,10,15H,5-6,8H2,1H3,(H,16,17). The summed E-state index contributed by atoms with van der Waals surface area (Å²) in [4.78, 5) is 11.7. The molecule has 0 bridgehead atoms. The zero-order valence-electron chi connectivity index (χ0n) is 10.2. The van der Waals surface area contributed by atoms with Crippen LogP contribution in [0.15, 0.2) is 18.2 Å². The molecule has 94 valence electrons. The summed E-state index contributed by atoms with van der Waals surface area (Å²) in [6.45, 7) is 0.258. The average Bonchev–Trinajstić information content (AvgIpc) is 3.20. The first-order chi connectivity index (χ1) is 8.74. The van der Waals surface area contributed by atoms with Gasteiger partial charge in [0, 0.05) is 6.04 Å². The summed E-state index contributed by atoms with van der Waals surface area (Å²) in [6.07, 6.45) is 2.26. The van der Waals surface area contributed by atoms with Crippen LogP contribution in [-0.2, 0) is 4.79 Å². The van der Waals surface area contributed by atoms with Gasteiger partial charge in [0.05, 0.1) is 19.2 Å².